The van der Waals surface area contributed by atoms with E-state index in [0.29, 0.717) is 5.75 Å². The number of fused-ring (bicyclic) bond motifs is 1. The molecule has 0 fully saturated rings. The highest BCUT2D eigenvalue weighted by atomic mass is 79.9. The van der Waals surface area contributed by atoms with Crippen LogP contribution in [0.3, 0.4) is 0 Å². The zero-order chi connectivity index (χ0) is 12.4. The minimum atomic E-state index is -0.506. The van der Waals surface area contributed by atoms with Crippen LogP contribution < -0.4 is 10.5 Å². The van der Waals surface area contributed by atoms with Gasteiger partial charge in [-0.15, -0.1) is 0 Å². The van der Waals surface area contributed by atoms with Crippen LogP contribution in [0.5, 0.6) is 5.75 Å². The van der Waals surface area contributed by atoms with Crippen LogP contribution in [-0.2, 0) is 4.79 Å². The molecule has 2 aromatic carbocycles. The predicted octanol–water partition coefficient (Wildman–Crippen LogP) is 2.73. The van der Waals surface area contributed by atoms with Gasteiger partial charge in [0, 0.05) is 16.8 Å². The third-order valence-electron chi connectivity index (χ3n) is 2.36. The van der Waals surface area contributed by atoms with Gasteiger partial charge in [0.1, 0.15) is 11.4 Å². The van der Waals surface area contributed by atoms with Gasteiger partial charge in [0.05, 0.1) is 0 Å². The van der Waals surface area contributed by atoms with Crippen molar-refractivity contribution in [3.8, 4) is 5.75 Å². The number of carbonyl (C=O) groups excluding carboxylic acids is 1. The van der Waals surface area contributed by atoms with Gasteiger partial charge in [-0.2, -0.15) is 0 Å². The van der Waals surface area contributed by atoms with Gasteiger partial charge in [0.2, 0.25) is 0 Å². The fourth-order valence-electron chi connectivity index (χ4n) is 1.58. The average molecular weight is 360 g/mol. The van der Waals surface area contributed by atoms with Crippen LogP contribution in [0.1, 0.15) is 0 Å². The quantitative estimate of drug-likeness (QED) is 0.509. The lowest BCUT2D eigenvalue weighted by Gasteiger charge is -2.08. The molecule has 0 saturated heterocycles. The second kappa shape index (κ2) is 5.16. The molecule has 3 nitrogen and oxygen atoms in total. The first kappa shape index (κ1) is 12.5. The first-order valence-corrected chi connectivity index (χ1v) is 6.76. The van der Waals surface area contributed by atoms with Gasteiger partial charge in [-0.25, -0.2) is 4.79 Å². The average Bonchev–Trinajstić information content (AvgIpc) is 2.33. The number of halogens is 2. The van der Waals surface area contributed by atoms with Crippen molar-refractivity contribution < 1.29 is 15.3 Å². The third-order valence-corrected chi connectivity index (χ3v) is 3.11. The van der Waals surface area contributed by atoms with Gasteiger partial charge in [-0.3, -0.25) is 0 Å². The van der Waals surface area contributed by atoms with Crippen LogP contribution >= 0.6 is 31.9 Å². The van der Waals surface area contributed by atoms with Crippen LogP contribution in [0.2, 0.25) is 0 Å². The van der Waals surface area contributed by atoms with Gasteiger partial charge in [-0.05, 0) is 12.1 Å². The number of hydrogen-bond acceptors (Lipinski definition) is 2. The summed E-state index contributed by atoms with van der Waals surface area (Å²) >= 11 is 6.21. The smallest absolute Gasteiger partial charge is 0.336 e. The summed E-state index contributed by atoms with van der Waals surface area (Å²) in [5, 5.41) is 1.87. The standard InChI is InChI=1S/C12H9Br2NO2/c13-11(14)12(16)17-10-6-5-9(15)7-3-1-2-4-8(7)10/h1-6,11H,15H2/p+1. The van der Waals surface area contributed by atoms with Crippen molar-refractivity contribution in [3.05, 3.63) is 36.4 Å². The van der Waals surface area contributed by atoms with E-state index in [0.717, 1.165) is 16.5 Å². The van der Waals surface area contributed by atoms with Crippen molar-refractivity contribution in [2.24, 2.45) is 0 Å². The molecule has 88 valence electrons. The molecule has 2 aromatic rings. The van der Waals surface area contributed by atoms with E-state index in [2.05, 4.69) is 37.6 Å². The number of quaternary nitrogens is 1. The van der Waals surface area contributed by atoms with E-state index in [1.165, 1.54) is 0 Å². The molecule has 2 rings (SSSR count). The molecular formula is C12H10Br2NO2+. The maximum absolute atomic E-state index is 11.5. The molecule has 0 amide bonds. The van der Waals surface area contributed by atoms with E-state index in [1.807, 2.05) is 30.3 Å². The SMILES string of the molecule is [NH3+]c1ccc(OC(=O)C(Br)Br)c2ccccc12. The Labute approximate surface area is 115 Å². The number of alkyl halides is 2. The minimum Gasteiger partial charge on any atom is -0.424 e. The Balaban J connectivity index is 2.48. The Morgan fingerprint density at radius 2 is 1.76 bits per heavy atom. The second-order valence-corrected chi connectivity index (χ2v) is 6.55. The molecule has 0 aliphatic rings. The highest BCUT2D eigenvalue weighted by molar-refractivity contribution is 9.25. The Kier molecular flexibility index (Phi) is 3.81. The Morgan fingerprint density at radius 3 is 2.41 bits per heavy atom. The largest absolute Gasteiger partial charge is 0.424 e. The predicted molar refractivity (Wildman–Crippen MR) is 73.8 cm³/mol. The normalized spacial score (nSPS) is 10.8. The minimum absolute atomic E-state index is 0.382. The van der Waals surface area contributed by atoms with Crippen molar-refractivity contribution in [3.63, 3.8) is 0 Å². The Morgan fingerprint density at radius 1 is 1.12 bits per heavy atom. The third kappa shape index (κ3) is 2.68. The Bertz CT molecular complexity index is 569. The van der Waals surface area contributed by atoms with E-state index in [1.54, 1.807) is 6.07 Å². The zero-order valence-corrected chi connectivity index (χ0v) is 12.0. The molecule has 0 unspecified atom stereocenters. The van der Waals surface area contributed by atoms with E-state index >= 15 is 0 Å². The summed E-state index contributed by atoms with van der Waals surface area (Å²) in [6.45, 7) is 0. The number of ether oxygens (including phenoxy) is 1. The molecule has 0 aliphatic carbocycles. The summed E-state index contributed by atoms with van der Waals surface area (Å²) in [4.78, 5) is 11.5. The first-order chi connectivity index (χ1) is 8.09. The molecule has 0 aromatic heterocycles. The van der Waals surface area contributed by atoms with Crippen LogP contribution in [-0.4, -0.2) is 9.71 Å². The van der Waals surface area contributed by atoms with Gasteiger partial charge < -0.3 is 10.5 Å². The van der Waals surface area contributed by atoms with E-state index in [-0.39, 0.29) is 5.97 Å². The summed E-state index contributed by atoms with van der Waals surface area (Å²) in [7, 11) is 0. The van der Waals surface area contributed by atoms with Crippen molar-refractivity contribution in [2.45, 2.75) is 3.74 Å². The van der Waals surface area contributed by atoms with Crippen LogP contribution in [0.4, 0.5) is 5.69 Å². The summed E-state index contributed by atoms with van der Waals surface area (Å²) in [6, 6.07) is 11.3. The highest BCUT2D eigenvalue weighted by Gasteiger charge is 2.15. The summed E-state index contributed by atoms with van der Waals surface area (Å²) in [5.41, 5.74) is 4.86. The maximum atomic E-state index is 11.5. The van der Waals surface area contributed by atoms with E-state index in [9.17, 15) is 4.79 Å². The van der Waals surface area contributed by atoms with Gasteiger partial charge in [-0.1, -0.05) is 50.1 Å². The Hall–Kier alpha value is -0.910. The zero-order valence-electron chi connectivity index (χ0n) is 8.82. The lowest BCUT2D eigenvalue weighted by Crippen LogP contribution is -2.40. The molecule has 0 heterocycles. The maximum Gasteiger partial charge on any atom is 0.336 e. The molecule has 0 saturated carbocycles. The first-order valence-electron chi connectivity index (χ1n) is 4.93. The van der Waals surface area contributed by atoms with Crippen LogP contribution in [0.25, 0.3) is 10.8 Å². The van der Waals surface area contributed by atoms with Crippen molar-refractivity contribution in [2.75, 3.05) is 0 Å². The summed E-state index contributed by atoms with van der Waals surface area (Å²) < 4.78 is 4.78. The molecule has 0 radical (unpaired) electrons. The number of carbonyl (C=O) groups is 1. The molecular weight excluding hydrogens is 350 g/mol. The highest BCUT2D eigenvalue weighted by Crippen LogP contribution is 2.29. The number of esters is 1. The molecule has 3 N–H and O–H groups in total. The van der Waals surface area contributed by atoms with Gasteiger partial charge in [0.15, 0.2) is 3.74 Å². The van der Waals surface area contributed by atoms with Gasteiger partial charge >= 0.3 is 5.97 Å². The summed E-state index contributed by atoms with van der Waals surface area (Å²) in [5.74, 6) is 0.161. The molecule has 17 heavy (non-hydrogen) atoms. The second-order valence-electron chi connectivity index (χ2n) is 3.49. The van der Waals surface area contributed by atoms with Crippen LogP contribution in [0.15, 0.2) is 36.4 Å². The van der Waals surface area contributed by atoms with Crippen LogP contribution in [0, 0.1) is 0 Å². The van der Waals surface area contributed by atoms with Crippen molar-refractivity contribution >= 4 is 54.3 Å². The topological polar surface area (TPSA) is 53.9 Å². The molecule has 0 atom stereocenters. The monoisotopic (exact) mass is 358 g/mol. The van der Waals surface area contributed by atoms with Gasteiger partial charge in [0.25, 0.3) is 0 Å². The van der Waals surface area contributed by atoms with E-state index in [4.69, 9.17) is 4.74 Å². The molecule has 0 spiro atoms. The number of hydrogen-bond donors (Lipinski definition) is 1. The summed E-state index contributed by atoms with van der Waals surface area (Å²) in [6.07, 6.45) is 0. The number of benzene rings is 2. The van der Waals surface area contributed by atoms with Crippen molar-refractivity contribution in [1.29, 1.82) is 0 Å². The van der Waals surface area contributed by atoms with E-state index < -0.39 is 3.74 Å². The molecule has 0 bridgehead atoms. The molecule has 5 heteroatoms. The number of rotatable bonds is 2. The molecule has 0 aliphatic heterocycles. The lowest BCUT2D eigenvalue weighted by atomic mass is 10.1. The lowest BCUT2D eigenvalue weighted by molar-refractivity contribution is -0.252. The van der Waals surface area contributed by atoms with Crippen molar-refractivity contribution in [1.82, 2.24) is 0 Å². The fourth-order valence-corrected chi connectivity index (χ4v) is 1.76. The fraction of sp³-hybridized carbons (Fsp3) is 0.0833.